The maximum Gasteiger partial charge on any atom is 0.260 e. The highest BCUT2D eigenvalue weighted by Crippen LogP contribution is 2.22. The minimum absolute atomic E-state index is 0.176. The quantitative estimate of drug-likeness (QED) is 0.817. The second-order valence-electron chi connectivity index (χ2n) is 4.52. The van der Waals surface area contributed by atoms with E-state index in [4.69, 9.17) is 0 Å². The van der Waals surface area contributed by atoms with Crippen molar-refractivity contribution in [1.29, 1.82) is 0 Å². The van der Waals surface area contributed by atoms with Crippen LogP contribution in [-0.4, -0.2) is 30.9 Å². The second kappa shape index (κ2) is 6.23. The molecule has 0 spiro atoms. The van der Waals surface area contributed by atoms with Crippen molar-refractivity contribution in [3.63, 3.8) is 0 Å². The molecular formula is C13H20N4O2S. The van der Waals surface area contributed by atoms with E-state index in [9.17, 15) is 8.42 Å². The van der Waals surface area contributed by atoms with Gasteiger partial charge in [0.2, 0.25) is 0 Å². The lowest BCUT2D eigenvalue weighted by Gasteiger charge is -2.08. The van der Waals surface area contributed by atoms with E-state index in [-0.39, 0.29) is 5.03 Å². The lowest BCUT2D eigenvalue weighted by atomic mass is 10.5. The molecule has 2 N–H and O–H groups in total. The molecule has 0 unspecified atom stereocenters. The summed E-state index contributed by atoms with van der Waals surface area (Å²) in [6, 6.07) is 5.41. The van der Waals surface area contributed by atoms with Crippen LogP contribution in [0.4, 0.5) is 5.82 Å². The Hall–Kier alpha value is -1.60. The normalized spacial score (nSPS) is 11.9. The first-order valence-corrected chi connectivity index (χ1v) is 8.29. The molecule has 0 radical (unpaired) electrons. The fourth-order valence-corrected chi connectivity index (χ4v) is 3.29. The third kappa shape index (κ3) is 2.94. The molecule has 0 bridgehead atoms. The van der Waals surface area contributed by atoms with Gasteiger partial charge in [-0.15, -0.1) is 0 Å². The van der Waals surface area contributed by atoms with Crippen molar-refractivity contribution in [3.05, 3.63) is 24.4 Å². The van der Waals surface area contributed by atoms with Gasteiger partial charge in [0.15, 0.2) is 10.8 Å². The number of sulfonamides is 1. The Kier molecular flexibility index (Phi) is 4.61. The molecule has 0 aliphatic heterocycles. The largest absolute Gasteiger partial charge is 0.368 e. The fourth-order valence-electron chi connectivity index (χ4n) is 1.89. The number of hydrogen-bond acceptors (Lipinski definition) is 4. The molecule has 0 atom stereocenters. The van der Waals surface area contributed by atoms with Crippen LogP contribution in [0, 0.1) is 0 Å². The molecule has 0 amide bonds. The summed E-state index contributed by atoms with van der Waals surface area (Å²) in [6.45, 7) is 5.04. The topological polar surface area (TPSA) is 75.5 Å². The third-order valence-electron chi connectivity index (χ3n) is 2.83. The number of imidazole rings is 1. The van der Waals surface area contributed by atoms with Crippen molar-refractivity contribution in [2.75, 3.05) is 18.4 Å². The Labute approximate surface area is 119 Å². The molecule has 0 aliphatic rings. The lowest BCUT2D eigenvalue weighted by molar-refractivity contribution is 0.576. The minimum atomic E-state index is -3.58. The maximum absolute atomic E-state index is 12.4. The molecule has 2 heterocycles. The molecule has 2 aromatic heterocycles. The van der Waals surface area contributed by atoms with Gasteiger partial charge in [-0.05, 0) is 25.0 Å². The molecule has 20 heavy (non-hydrogen) atoms. The maximum atomic E-state index is 12.4. The Morgan fingerprint density at radius 1 is 1.20 bits per heavy atom. The van der Waals surface area contributed by atoms with E-state index in [1.54, 1.807) is 22.7 Å². The number of nitrogens with zero attached hydrogens (tertiary/aromatic N) is 2. The number of nitrogens with one attached hydrogen (secondary N) is 2. The molecule has 2 rings (SSSR count). The molecule has 0 aromatic carbocycles. The molecule has 0 saturated heterocycles. The number of rotatable bonds is 7. The molecule has 2 aromatic rings. The smallest absolute Gasteiger partial charge is 0.260 e. The average Bonchev–Trinajstić information content (AvgIpc) is 2.82. The Bertz CT molecular complexity index is 679. The summed E-state index contributed by atoms with van der Waals surface area (Å²) in [7, 11) is -3.58. The van der Waals surface area contributed by atoms with Crippen LogP contribution in [0.3, 0.4) is 0 Å². The predicted molar refractivity (Wildman–Crippen MR) is 79.5 cm³/mol. The molecule has 0 aliphatic carbocycles. The Morgan fingerprint density at radius 2 is 1.95 bits per heavy atom. The number of aromatic nitrogens is 2. The zero-order valence-corrected chi connectivity index (χ0v) is 12.6. The van der Waals surface area contributed by atoms with E-state index < -0.39 is 10.0 Å². The monoisotopic (exact) mass is 296 g/mol. The van der Waals surface area contributed by atoms with Crippen LogP contribution in [0.5, 0.6) is 0 Å². The van der Waals surface area contributed by atoms with Crippen LogP contribution in [-0.2, 0) is 10.0 Å². The summed E-state index contributed by atoms with van der Waals surface area (Å²) in [4.78, 5) is 4.36. The van der Waals surface area contributed by atoms with Crippen LogP contribution < -0.4 is 10.0 Å². The van der Waals surface area contributed by atoms with Gasteiger partial charge < -0.3 is 5.32 Å². The van der Waals surface area contributed by atoms with Gasteiger partial charge in [0.25, 0.3) is 10.0 Å². The summed E-state index contributed by atoms with van der Waals surface area (Å²) < 4.78 is 29.1. The van der Waals surface area contributed by atoms with Gasteiger partial charge >= 0.3 is 0 Å². The van der Waals surface area contributed by atoms with Crippen molar-refractivity contribution >= 4 is 21.5 Å². The summed E-state index contributed by atoms with van der Waals surface area (Å²) in [5, 5.41) is 3.26. The van der Waals surface area contributed by atoms with E-state index >= 15 is 0 Å². The second-order valence-corrected chi connectivity index (χ2v) is 6.20. The Balaban J connectivity index is 2.53. The number of fused-ring (bicyclic) bond motifs is 1. The SMILES string of the molecule is CCCNc1nc2ccccn2c1S(=O)(=O)NCCC. The molecule has 110 valence electrons. The minimum Gasteiger partial charge on any atom is -0.368 e. The van der Waals surface area contributed by atoms with Gasteiger partial charge in [-0.3, -0.25) is 4.40 Å². The number of anilines is 1. The zero-order valence-electron chi connectivity index (χ0n) is 11.8. The number of hydrogen-bond donors (Lipinski definition) is 2. The van der Waals surface area contributed by atoms with Crippen LogP contribution in [0.25, 0.3) is 5.65 Å². The first-order chi connectivity index (χ1) is 9.60. The Morgan fingerprint density at radius 3 is 2.65 bits per heavy atom. The fraction of sp³-hybridized carbons (Fsp3) is 0.462. The molecule has 7 heteroatoms. The zero-order chi connectivity index (χ0) is 14.6. The van der Waals surface area contributed by atoms with Gasteiger partial charge in [-0.2, -0.15) is 0 Å². The molecular weight excluding hydrogens is 276 g/mol. The summed E-state index contributed by atoms with van der Waals surface area (Å²) in [5.41, 5.74) is 0.614. The van der Waals surface area contributed by atoms with Crippen molar-refractivity contribution in [1.82, 2.24) is 14.1 Å². The van der Waals surface area contributed by atoms with Gasteiger partial charge in [0, 0.05) is 19.3 Å². The highest BCUT2D eigenvalue weighted by atomic mass is 32.2. The predicted octanol–water partition coefficient (Wildman–Crippen LogP) is 1.84. The summed E-state index contributed by atoms with van der Waals surface area (Å²) >= 11 is 0. The molecule has 0 fully saturated rings. The highest BCUT2D eigenvalue weighted by Gasteiger charge is 2.24. The van der Waals surface area contributed by atoms with E-state index in [0.717, 1.165) is 12.8 Å². The summed E-state index contributed by atoms with van der Waals surface area (Å²) in [5.74, 6) is 0.404. The highest BCUT2D eigenvalue weighted by molar-refractivity contribution is 7.89. The van der Waals surface area contributed by atoms with Crippen LogP contribution in [0.2, 0.25) is 0 Å². The van der Waals surface area contributed by atoms with E-state index in [1.807, 2.05) is 19.9 Å². The summed E-state index contributed by atoms with van der Waals surface area (Å²) in [6.07, 6.45) is 3.35. The van der Waals surface area contributed by atoms with Gasteiger partial charge in [0.1, 0.15) is 5.65 Å². The number of pyridine rings is 1. The van der Waals surface area contributed by atoms with E-state index in [1.165, 1.54) is 0 Å². The van der Waals surface area contributed by atoms with Crippen molar-refractivity contribution in [3.8, 4) is 0 Å². The van der Waals surface area contributed by atoms with Gasteiger partial charge in [0.05, 0.1) is 0 Å². The van der Waals surface area contributed by atoms with Crippen molar-refractivity contribution in [2.45, 2.75) is 31.7 Å². The van der Waals surface area contributed by atoms with Crippen LogP contribution in [0.15, 0.2) is 29.4 Å². The first kappa shape index (κ1) is 14.8. The molecule has 6 nitrogen and oxygen atoms in total. The van der Waals surface area contributed by atoms with E-state index in [0.29, 0.717) is 24.6 Å². The van der Waals surface area contributed by atoms with Gasteiger partial charge in [-0.1, -0.05) is 19.9 Å². The van der Waals surface area contributed by atoms with Crippen molar-refractivity contribution in [2.24, 2.45) is 0 Å². The van der Waals surface area contributed by atoms with Gasteiger partial charge in [-0.25, -0.2) is 18.1 Å². The standard InChI is InChI=1S/C13H20N4O2S/c1-3-8-14-12-13(20(18,19)15-9-4-2)17-10-6-5-7-11(17)16-12/h5-7,10,14-15H,3-4,8-9H2,1-2H3. The lowest BCUT2D eigenvalue weighted by Crippen LogP contribution is -2.26. The molecule has 0 saturated carbocycles. The van der Waals surface area contributed by atoms with Crippen LogP contribution >= 0.6 is 0 Å². The third-order valence-corrected chi connectivity index (χ3v) is 4.31. The van der Waals surface area contributed by atoms with Crippen molar-refractivity contribution < 1.29 is 8.42 Å². The van der Waals surface area contributed by atoms with E-state index in [2.05, 4.69) is 15.0 Å². The first-order valence-electron chi connectivity index (χ1n) is 6.80. The van der Waals surface area contributed by atoms with Crippen LogP contribution in [0.1, 0.15) is 26.7 Å². The average molecular weight is 296 g/mol.